The summed E-state index contributed by atoms with van der Waals surface area (Å²) in [6.07, 6.45) is 6.85. The molecule has 1 unspecified atom stereocenters. The molecular formula is C18H24N6O. The minimum atomic E-state index is 0.0177. The van der Waals surface area contributed by atoms with Gasteiger partial charge in [0.25, 0.3) is 5.56 Å². The average Bonchev–Trinajstić information content (AvgIpc) is 3.24. The van der Waals surface area contributed by atoms with E-state index in [1.165, 1.54) is 0 Å². The van der Waals surface area contributed by atoms with Crippen LogP contribution in [0, 0.1) is 0 Å². The fourth-order valence-electron chi connectivity index (χ4n) is 3.84. The summed E-state index contributed by atoms with van der Waals surface area (Å²) in [6, 6.07) is 4.04. The van der Waals surface area contributed by atoms with Crippen LogP contribution in [0.15, 0.2) is 23.3 Å². The molecule has 2 aliphatic rings. The van der Waals surface area contributed by atoms with Crippen LogP contribution in [0.1, 0.15) is 30.5 Å². The van der Waals surface area contributed by atoms with Crippen LogP contribution in [0.5, 0.6) is 0 Å². The predicted octanol–water partition coefficient (Wildman–Crippen LogP) is 1.26. The molecule has 0 aromatic carbocycles. The van der Waals surface area contributed by atoms with Crippen molar-refractivity contribution in [2.75, 3.05) is 30.4 Å². The van der Waals surface area contributed by atoms with Crippen LogP contribution in [-0.2, 0) is 19.4 Å². The number of fused-ring (bicyclic) bond motifs is 1. The highest BCUT2D eigenvalue weighted by atomic mass is 16.1. The topological polar surface area (TPSA) is 67.2 Å². The zero-order valence-electron chi connectivity index (χ0n) is 14.9. The molecule has 2 aromatic heterocycles. The second-order valence-electron chi connectivity index (χ2n) is 7.11. The monoisotopic (exact) mass is 340 g/mol. The number of aromatic nitrogens is 4. The van der Waals surface area contributed by atoms with Gasteiger partial charge < -0.3 is 9.80 Å². The molecule has 1 saturated heterocycles. The minimum Gasteiger partial charge on any atom is -0.363 e. The molecule has 7 heteroatoms. The van der Waals surface area contributed by atoms with Gasteiger partial charge >= 0.3 is 0 Å². The maximum absolute atomic E-state index is 12.4. The molecule has 2 aromatic rings. The molecule has 0 saturated carbocycles. The number of hydrogen-bond donors (Lipinski definition) is 0. The van der Waals surface area contributed by atoms with Crippen LogP contribution < -0.4 is 15.4 Å². The summed E-state index contributed by atoms with van der Waals surface area (Å²) in [5.74, 6) is 1.82. The highest BCUT2D eigenvalue weighted by Gasteiger charge is 2.27. The van der Waals surface area contributed by atoms with Crippen molar-refractivity contribution >= 4 is 11.6 Å². The predicted molar refractivity (Wildman–Crippen MR) is 97.2 cm³/mol. The fraction of sp³-hybridized carbons (Fsp3) is 0.556. The van der Waals surface area contributed by atoms with Crippen LogP contribution >= 0.6 is 0 Å². The van der Waals surface area contributed by atoms with Crippen molar-refractivity contribution in [2.24, 2.45) is 0 Å². The van der Waals surface area contributed by atoms with Gasteiger partial charge in [-0.05, 0) is 37.7 Å². The van der Waals surface area contributed by atoms with E-state index < -0.39 is 0 Å². The van der Waals surface area contributed by atoms with E-state index in [-0.39, 0.29) is 11.6 Å². The van der Waals surface area contributed by atoms with E-state index in [1.54, 1.807) is 17.1 Å². The van der Waals surface area contributed by atoms with Gasteiger partial charge in [-0.15, -0.1) is 0 Å². The molecule has 1 atom stereocenters. The number of aryl methyl sites for hydroxylation is 2. The molecule has 1 aliphatic carbocycles. The third-order valence-corrected chi connectivity index (χ3v) is 5.18. The lowest BCUT2D eigenvalue weighted by Crippen LogP contribution is -2.38. The lowest BCUT2D eigenvalue weighted by atomic mass is 10.2. The summed E-state index contributed by atoms with van der Waals surface area (Å²) >= 11 is 0. The molecule has 7 nitrogen and oxygen atoms in total. The first-order chi connectivity index (χ1) is 12.1. The summed E-state index contributed by atoms with van der Waals surface area (Å²) in [5, 5.41) is 4.63. The van der Waals surface area contributed by atoms with Gasteiger partial charge in [-0.1, -0.05) is 0 Å². The Hall–Kier alpha value is -2.44. The fourth-order valence-corrected chi connectivity index (χ4v) is 3.84. The highest BCUT2D eigenvalue weighted by molar-refractivity contribution is 5.50. The Morgan fingerprint density at radius 1 is 1.20 bits per heavy atom. The smallest absolute Gasteiger partial charge is 0.267 e. The summed E-state index contributed by atoms with van der Waals surface area (Å²) in [4.78, 5) is 25.4. The Morgan fingerprint density at radius 3 is 2.92 bits per heavy atom. The van der Waals surface area contributed by atoms with E-state index in [9.17, 15) is 4.79 Å². The Kier molecular flexibility index (Phi) is 4.15. The van der Waals surface area contributed by atoms with Crippen LogP contribution in [0.3, 0.4) is 0 Å². The average molecular weight is 340 g/mol. The lowest BCUT2D eigenvalue weighted by molar-refractivity contribution is 0.481. The first-order valence-corrected chi connectivity index (χ1v) is 8.98. The van der Waals surface area contributed by atoms with Crippen molar-refractivity contribution in [3.8, 4) is 0 Å². The highest BCUT2D eigenvalue weighted by Crippen LogP contribution is 2.26. The zero-order valence-corrected chi connectivity index (χ0v) is 14.9. The molecular weight excluding hydrogens is 316 g/mol. The van der Waals surface area contributed by atoms with Crippen molar-refractivity contribution in [3.63, 3.8) is 0 Å². The number of nitrogens with zero attached hydrogens (tertiary/aromatic N) is 6. The Labute approximate surface area is 147 Å². The summed E-state index contributed by atoms with van der Waals surface area (Å²) < 4.78 is 1.65. The number of anilines is 2. The van der Waals surface area contributed by atoms with Gasteiger partial charge in [0.15, 0.2) is 0 Å². The van der Waals surface area contributed by atoms with Crippen LogP contribution in [0.4, 0.5) is 11.6 Å². The molecule has 3 heterocycles. The first-order valence-electron chi connectivity index (χ1n) is 8.98. The molecule has 0 spiro atoms. The van der Waals surface area contributed by atoms with E-state index in [1.807, 2.05) is 25.1 Å². The largest absolute Gasteiger partial charge is 0.363 e. The number of hydrogen-bond acceptors (Lipinski definition) is 6. The van der Waals surface area contributed by atoms with Crippen molar-refractivity contribution in [2.45, 2.75) is 44.7 Å². The van der Waals surface area contributed by atoms with E-state index in [4.69, 9.17) is 0 Å². The molecule has 1 fully saturated rings. The third kappa shape index (κ3) is 3.10. The van der Waals surface area contributed by atoms with Crippen LogP contribution in [0.25, 0.3) is 0 Å². The van der Waals surface area contributed by atoms with Gasteiger partial charge in [0.2, 0.25) is 0 Å². The van der Waals surface area contributed by atoms with Crippen molar-refractivity contribution < 1.29 is 0 Å². The second-order valence-corrected chi connectivity index (χ2v) is 7.11. The molecule has 25 heavy (non-hydrogen) atoms. The number of rotatable bonds is 4. The maximum Gasteiger partial charge on any atom is 0.267 e. The molecule has 0 radical (unpaired) electrons. The summed E-state index contributed by atoms with van der Waals surface area (Å²) in [6.45, 7) is 1.57. The van der Waals surface area contributed by atoms with Crippen LogP contribution in [-0.4, -0.2) is 46.4 Å². The van der Waals surface area contributed by atoms with Gasteiger partial charge in [-0.2, -0.15) is 5.10 Å². The lowest BCUT2D eigenvalue weighted by Gasteiger charge is -2.26. The van der Waals surface area contributed by atoms with Gasteiger partial charge in [0.05, 0.1) is 18.3 Å². The standard InChI is InChI=1S/C18H24N6O/c1-22(2)16-10-17(20-12-19-16)23-8-4-6-14(23)11-24-18(25)9-13-5-3-7-15(13)21-24/h9-10,12,14H,3-8,11H2,1-2H3. The second kappa shape index (κ2) is 6.46. The van der Waals surface area contributed by atoms with E-state index in [2.05, 4.69) is 20.0 Å². The van der Waals surface area contributed by atoms with Crippen molar-refractivity contribution in [1.29, 1.82) is 0 Å². The summed E-state index contributed by atoms with van der Waals surface area (Å²) in [7, 11) is 3.95. The Morgan fingerprint density at radius 2 is 2.08 bits per heavy atom. The first kappa shape index (κ1) is 16.1. The van der Waals surface area contributed by atoms with Crippen LogP contribution in [0.2, 0.25) is 0 Å². The molecule has 0 bridgehead atoms. The molecule has 0 amide bonds. The SMILES string of the molecule is CN(C)c1cc(N2CCCC2Cn2nc3c(cc2=O)CCC3)ncn1. The van der Waals surface area contributed by atoms with Gasteiger partial charge in [-0.25, -0.2) is 14.6 Å². The van der Waals surface area contributed by atoms with Gasteiger partial charge in [0.1, 0.15) is 18.0 Å². The quantitative estimate of drug-likeness (QED) is 0.835. The van der Waals surface area contributed by atoms with Gasteiger partial charge in [0, 0.05) is 32.8 Å². The minimum absolute atomic E-state index is 0.0177. The van der Waals surface area contributed by atoms with E-state index in [0.29, 0.717) is 6.54 Å². The van der Waals surface area contributed by atoms with Gasteiger partial charge in [-0.3, -0.25) is 4.79 Å². The zero-order chi connectivity index (χ0) is 17.4. The van der Waals surface area contributed by atoms with E-state index >= 15 is 0 Å². The Balaban J connectivity index is 1.58. The molecule has 132 valence electrons. The maximum atomic E-state index is 12.4. The molecule has 0 N–H and O–H groups in total. The van der Waals surface area contributed by atoms with E-state index in [0.717, 1.165) is 61.5 Å². The summed E-state index contributed by atoms with van der Waals surface area (Å²) in [5.41, 5.74) is 2.25. The molecule has 4 rings (SSSR count). The normalized spacial score (nSPS) is 19.3. The van der Waals surface area contributed by atoms with Crippen molar-refractivity contribution in [3.05, 3.63) is 40.1 Å². The van der Waals surface area contributed by atoms with Crippen molar-refractivity contribution in [1.82, 2.24) is 19.7 Å². The third-order valence-electron chi connectivity index (χ3n) is 5.18. The molecule has 1 aliphatic heterocycles. The Bertz CT molecular complexity index is 831.